The molecule has 2 aliphatic rings. The number of imidazole rings is 1. The largest absolute Gasteiger partial charge is 0.478 e. The smallest absolute Gasteiger partial charge is 0.337 e. The van der Waals surface area contributed by atoms with Gasteiger partial charge in [0.15, 0.2) is 29.5 Å². The number of rotatable bonds is 8. The molecule has 2 saturated heterocycles. The van der Waals surface area contributed by atoms with Crippen molar-refractivity contribution in [2.75, 3.05) is 17.2 Å². The molecule has 2 aliphatic heterocycles. The summed E-state index contributed by atoms with van der Waals surface area (Å²) in [6.07, 6.45) is -0.859. The first-order valence-electron chi connectivity index (χ1n) is 13.3. The second kappa shape index (κ2) is 11.5. The van der Waals surface area contributed by atoms with Crippen molar-refractivity contribution >= 4 is 40.6 Å². The van der Waals surface area contributed by atoms with Crippen molar-refractivity contribution in [3.63, 3.8) is 0 Å². The quantitative estimate of drug-likeness (QED) is 0.245. The van der Waals surface area contributed by atoms with E-state index in [0.29, 0.717) is 17.7 Å². The lowest BCUT2D eigenvalue weighted by atomic mass is 10.1. The van der Waals surface area contributed by atoms with Crippen molar-refractivity contribution in [3.05, 3.63) is 78.4 Å². The fraction of sp³-hybridized carbons (Fsp3) is 0.286. The van der Waals surface area contributed by atoms with Gasteiger partial charge in [0, 0.05) is 12.1 Å². The number of amides is 3. The highest BCUT2D eigenvalue weighted by molar-refractivity contribution is 6.00. The molecule has 2 fully saturated rings. The van der Waals surface area contributed by atoms with Crippen LogP contribution < -0.4 is 16.0 Å². The number of nitrogens with zero attached hydrogens (tertiary/aromatic N) is 4. The van der Waals surface area contributed by atoms with Crippen LogP contribution in [0.25, 0.3) is 11.2 Å². The normalized spacial score (nSPS) is 22.9. The van der Waals surface area contributed by atoms with Crippen LogP contribution >= 0.6 is 0 Å². The van der Waals surface area contributed by atoms with E-state index >= 15 is 0 Å². The maximum atomic E-state index is 13.1. The number of aromatic carboxylic acids is 1. The summed E-state index contributed by atoms with van der Waals surface area (Å²) in [5.41, 5.74) is 1.67. The molecule has 0 radical (unpaired) electrons. The minimum Gasteiger partial charge on any atom is -0.478 e. The molecule has 4 unspecified atom stereocenters. The maximum Gasteiger partial charge on any atom is 0.337 e. The predicted octanol–water partition coefficient (Wildman–Crippen LogP) is 3.07. The molecule has 6 rings (SSSR count). The minimum atomic E-state index is -1.16. The van der Waals surface area contributed by atoms with Crippen LogP contribution in [0, 0.1) is 0 Å². The average Bonchev–Trinajstić information content (AvgIpc) is 3.69. The van der Waals surface area contributed by atoms with Gasteiger partial charge in [-0.25, -0.2) is 24.5 Å². The number of nitrogens with one attached hydrogen (secondary N) is 3. The van der Waals surface area contributed by atoms with E-state index in [9.17, 15) is 19.5 Å². The van der Waals surface area contributed by atoms with E-state index in [-0.39, 0.29) is 23.5 Å². The summed E-state index contributed by atoms with van der Waals surface area (Å²) in [6.45, 7) is 2.23. The van der Waals surface area contributed by atoms with Crippen molar-refractivity contribution in [1.82, 2.24) is 24.8 Å². The monoisotopic (exact) mass is 573 g/mol. The van der Waals surface area contributed by atoms with Gasteiger partial charge in [0.25, 0.3) is 0 Å². The topological polar surface area (TPSA) is 179 Å². The van der Waals surface area contributed by atoms with Crippen LogP contribution in [-0.4, -0.2) is 67.4 Å². The number of ether oxygens (including phenoxy) is 3. The summed E-state index contributed by atoms with van der Waals surface area (Å²) >= 11 is 0. The summed E-state index contributed by atoms with van der Waals surface area (Å²) in [6, 6.07) is 15.1. The summed E-state index contributed by atoms with van der Waals surface area (Å²) in [5.74, 6) is -1.39. The molecule has 2 aromatic carbocycles. The Morgan fingerprint density at radius 3 is 2.48 bits per heavy atom. The Morgan fingerprint density at radius 1 is 0.929 bits per heavy atom. The van der Waals surface area contributed by atoms with E-state index in [1.54, 1.807) is 23.6 Å². The second-order valence-corrected chi connectivity index (χ2v) is 9.64. The number of benzene rings is 2. The molecule has 3 amide bonds. The molecule has 5 atom stereocenters. The third-order valence-corrected chi connectivity index (χ3v) is 6.94. The Hall–Kier alpha value is -4.92. The Labute approximate surface area is 239 Å². The zero-order valence-electron chi connectivity index (χ0n) is 22.3. The number of urea groups is 1. The number of carbonyl (C=O) groups is 3. The van der Waals surface area contributed by atoms with Gasteiger partial charge in [-0.3, -0.25) is 14.7 Å². The predicted molar refractivity (Wildman–Crippen MR) is 148 cm³/mol. The van der Waals surface area contributed by atoms with Crippen LogP contribution in [0.15, 0.2) is 67.3 Å². The number of para-hydroxylation sites is 1. The van der Waals surface area contributed by atoms with E-state index in [0.717, 1.165) is 5.56 Å². The summed E-state index contributed by atoms with van der Waals surface area (Å²) < 4.78 is 20.6. The van der Waals surface area contributed by atoms with Gasteiger partial charge in [-0.05, 0) is 19.1 Å². The van der Waals surface area contributed by atoms with Crippen molar-refractivity contribution in [2.45, 2.75) is 44.2 Å². The highest BCUT2D eigenvalue weighted by Crippen LogP contribution is 2.45. The lowest BCUT2D eigenvalue weighted by molar-refractivity contribution is -0.151. The Kier molecular flexibility index (Phi) is 7.48. The average molecular weight is 574 g/mol. The number of carboxylic acid groups (broad SMARTS) is 1. The molecular formula is C28H27N7O7. The fourth-order valence-corrected chi connectivity index (χ4v) is 5.09. The van der Waals surface area contributed by atoms with Gasteiger partial charge in [-0.15, -0.1) is 0 Å². The number of fused-ring (bicyclic) bond motifs is 2. The first-order chi connectivity index (χ1) is 20.4. The first kappa shape index (κ1) is 27.3. The van der Waals surface area contributed by atoms with Gasteiger partial charge in [0.1, 0.15) is 18.5 Å². The number of anilines is 2. The van der Waals surface area contributed by atoms with Gasteiger partial charge in [0.2, 0.25) is 5.91 Å². The van der Waals surface area contributed by atoms with E-state index in [2.05, 4.69) is 30.9 Å². The molecule has 4 N–H and O–H groups in total. The summed E-state index contributed by atoms with van der Waals surface area (Å²) in [7, 11) is 0. The zero-order chi connectivity index (χ0) is 29.2. The van der Waals surface area contributed by atoms with Crippen LogP contribution in [0.2, 0.25) is 0 Å². The molecule has 42 heavy (non-hydrogen) atoms. The molecule has 0 bridgehead atoms. The number of aromatic nitrogens is 4. The van der Waals surface area contributed by atoms with Gasteiger partial charge in [-0.2, -0.15) is 0 Å². The van der Waals surface area contributed by atoms with Crippen LogP contribution in [0.4, 0.5) is 16.3 Å². The summed E-state index contributed by atoms with van der Waals surface area (Å²) in [4.78, 5) is 49.8. The van der Waals surface area contributed by atoms with Gasteiger partial charge >= 0.3 is 12.0 Å². The maximum absolute atomic E-state index is 13.1. The third-order valence-electron chi connectivity index (χ3n) is 6.94. The van der Waals surface area contributed by atoms with Crippen LogP contribution in [0.3, 0.4) is 0 Å². The Morgan fingerprint density at radius 2 is 1.69 bits per heavy atom. The van der Waals surface area contributed by atoms with E-state index in [1.165, 1.54) is 24.8 Å². The van der Waals surface area contributed by atoms with Crippen molar-refractivity contribution < 1.29 is 33.7 Å². The molecule has 4 aromatic rings. The fourth-order valence-electron chi connectivity index (χ4n) is 5.09. The number of hydrogen-bond acceptors (Lipinski definition) is 9. The van der Waals surface area contributed by atoms with E-state index in [4.69, 9.17) is 14.2 Å². The minimum absolute atomic E-state index is 0.0277. The van der Waals surface area contributed by atoms with E-state index < -0.39 is 48.7 Å². The SMILES string of the molecule is CCNC(=O)Nc1ncnc2c1ncn2C1OC(CC(=O)Nc2ccccc2C(=O)O)C2O[C@H](c3ccccc3)OC21. The van der Waals surface area contributed by atoms with Crippen LogP contribution in [-0.2, 0) is 19.0 Å². The van der Waals surface area contributed by atoms with Crippen molar-refractivity contribution in [1.29, 1.82) is 0 Å². The Bertz CT molecular complexity index is 1630. The van der Waals surface area contributed by atoms with Gasteiger partial charge < -0.3 is 30.0 Å². The molecule has 4 heterocycles. The molecule has 14 heteroatoms. The Balaban J connectivity index is 1.28. The molecular weight excluding hydrogens is 546 g/mol. The van der Waals surface area contributed by atoms with Crippen molar-refractivity contribution in [3.8, 4) is 0 Å². The lowest BCUT2D eigenvalue weighted by Gasteiger charge is -2.21. The van der Waals surface area contributed by atoms with E-state index in [1.807, 2.05) is 30.3 Å². The van der Waals surface area contributed by atoms with Gasteiger partial charge in [-0.1, -0.05) is 42.5 Å². The molecule has 216 valence electrons. The van der Waals surface area contributed by atoms with Crippen LogP contribution in [0.1, 0.15) is 41.8 Å². The number of hydrogen-bond donors (Lipinski definition) is 4. The second-order valence-electron chi connectivity index (χ2n) is 9.64. The lowest BCUT2D eigenvalue weighted by Crippen LogP contribution is -2.32. The van der Waals surface area contributed by atoms with Crippen LogP contribution in [0.5, 0.6) is 0 Å². The number of carboxylic acids is 1. The molecule has 0 spiro atoms. The molecule has 0 saturated carbocycles. The highest BCUT2D eigenvalue weighted by Gasteiger charge is 2.54. The zero-order valence-corrected chi connectivity index (χ0v) is 22.3. The highest BCUT2D eigenvalue weighted by atomic mass is 16.8. The van der Waals surface area contributed by atoms with Crippen molar-refractivity contribution in [2.24, 2.45) is 0 Å². The van der Waals surface area contributed by atoms with Gasteiger partial charge in [0.05, 0.1) is 30.1 Å². The summed E-state index contributed by atoms with van der Waals surface area (Å²) in [5, 5.41) is 17.5. The molecule has 14 nitrogen and oxygen atoms in total. The standard InChI is InChI=1S/C28H27N7O7/c1-2-29-28(39)34-23-20-24(31-13-30-23)35(14-32-20)25-22-21(41-27(42-22)15-8-4-3-5-9-15)18(40-25)12-19(36)33-17-11-7-6-10-16(17)26(37)38/h3-11,13-14,18,21-22,25,27H,2,12H2,1H3,(H,33,36)(H,37,38)(H2,29,30,31,34,39)/t18?,21?,22?,25?,27-/m0/s1. The molecule has 0 aliphatic carbocycles. The first-order valence-corrected chi connectivity index (χ1v) is 13.3. The number of carbonyl (C=O) groups excluding carboxylic acids is 2. The molecule has 2 aromatic heterocycles. The third kappa shape index (κ3) is 5.25.